The highest BCUT2D eigenvalue weighted by atomic mass is 16.4. The van der Waals surface area contributed by atoms with Gasteiger partial charge in [0.25, 0.3) is 0 Å². The lowest BCUT2D eigenvalue weighted by Gasteiger charge is -2.02. The van der Waals surface area contributed by atoms with Crippen LogP contribution in [-0.2, 0) is 0 Å². The third-order valence-electron chi connectivity index (χ3n) is 2.59. The topological polar surface area (TPSA) is 83.8 Å². The average molecular weight is 244 g/mol. The Labute approximate surface area is 101 Å². The molecule has 18 heavy (non-hydrogen) atoms. The summed E-state index contributed by atoms with van der Waals surface area (Å²) in [5.41, 5.74) is -0.137. The Hall–Kier alpha value is -2.69. The molecule has 0 aliphatic rings. The van der Waals surface area contributed by atoms with Gasteiger partial charge in [-0.25, -0.2) is 0 Å². The maximum Gasteiger partial charge on any atom is 0.193 e. The fourth-order valence-corrected chi connectivity index (χ4v) is 1.72. The lowest BCUT2D eigenvalue weighted by atomic mass is 10.2. The van der Waals surface area contributed by atoms with Crippen molar-refractivity contribution < 1.29 is 19.0 Å². The van der Waals surface area contributed by atoms with Crippen LogP contribution in [0.5, 0.6) is 11.5 Å². The van der Waals surface area contributed by atoms with Crippen LogP contribution in [0.25, 0.3) is 22.5 Å². The van der Waals surface area contributed by atoms with E-state index in [2.05, 4.69) is 0 Å². The molecule has 0 saturated carbocycles. The van der Waals surface area contributed by atoms with E-state index in [1.807, 2.05) is 0 Å². The van der Waals surface area contributed by atoms with Crippen LogP contribution in [0.2, 0.25) is 0 Å². The standard InChI is InChI=1S/C13H8O5/c14-8-5-13(11-2-1-3-17-11)18-12-6-10(16)9(15)4-7(8)12/h1-6,15-16H. The molecule has 3 rings (SSSR count). The summed E-state index contributed by atoms with van der Waals surface area (Å²) in [5, 5.41) is 18.9. The van der Waals surface area contributed by atoms with Crippen molar-refractivity contribution in [3.8, 4) is 23.0 Å². The van der Waals surface area contributed by atoms with Crippen LogP contribution in [0.3, 0.4) is 0 Å². The average Bonchev–Trinajstić information content (AvgIpc) is 2.85. The third-order valence-corrected chi connectivity index (χ3v) is 2.59. The maximum atomic E-state index is 11.9. The minimum Gasteiger partial charge on any atom is -0.504 e. The molecule has 0 atom stereocenters. The molecule has 2 aromatic heterocycles. The summed E-state index contributed by atoms with van der Waals surface area (Å²) in [5.74, 6) is -0.0213. The molecule has 0 bridgehead atoms. The molecule has 0 saturated heterocycles. The molecular formula is C13H8O5. The van der Waals surface area contributed by atoms with Crippen molar-refractivity contribution in [1.29, 1.82) is 0 Å². The first-order chi connectivity index (χ1) is 8.65. The molecule has 0 spiro atoms. The van der Waals surface area contributed by atoms with Crippen LogP contribution < -0.4 is 5.43 Å². The van der Waals surface area contributed by atoms with Crippen molar-refractivity contribution in [2.75, 3.05) is 0 Å². The summed E-state index contributed by atoms with van der Waals surface area (Å²) in [6, 6.07) is 6.97. The van der Waals surface area contributed by atoms with Gasteiger partial charge in [0, 0.05) is 12.1 Å². The molecular weight excluding hydrogens is 236 g/mol. The van der Waals surface area contributed by atoms with E-state index in [-0.39, 0.29) is 33.7 Å². The van der Waals surface area contributed by atoms with Crippen LogP contribution in [0.15, 0.2) is 50.2 Å². The SMILES string of the molecule is O=c1cc(-c2ccco2)oc2cc(O)c(O)cc12. The van der Waals surface area contributed by atoms with Crippen LogP contribution in [0.4, 0.5) is 0 Å². The van der Waals surface area contributed by atoms with Gasteiger partial charge >= 0.3 is 0 Å². The van der Waals surface area contributed by atoms with Crippen molar-refractivity contribution >= 4 is 11.0 Å². The predicted octanol–water partition coefficient (Wildman–Crippen LogP) is 2.46. The lowest BCUT2D eigenvalue weighted by Crippen LogP contribution is -1.99. The third kappa shape index (κ3) is 1.53. The summed E-state index contributed by atoms with van der Waals surface area (Å²) in [4.78, 5) is 11.9. The van der Waals surface area contributed by atoms with E-state index in [0.717, 1.165) is 0 Å². The molecule has 3 aromatic rings. The quantitative estimate of drug-likeness (QED) is 0.642. The fraction of sp³-hybridized carbons (Fsp3) is 0. The van der Waals surface area contributed by atoms with Gasteiger partial charge < -0.3 is 19.0 Å². The number of benzene rings is 1. The highest BCUT2D eigenvalue weighted by Gasteiger charge is 2.11. The lowest BCUT2D eigenvalue weighted by molar-refractivity contribution is 0.403. The minimum absolute atomic E-state index is 0.184. The molecule has 5 nitrogen and oxygen atoms in total. The van der Waals surface area contributed by atoms with Gasteiger partial charge in [-0.05, 0) is 18.2 Å². The van der Waals surface area contributed by atoms with Crippen LogP contribution >= 0.6 is 0 Å². The molecule has 5 heteroatoms. The normalized spacial score (nSPS) is 10.9. The van der Waals surface area contributed by atoms with Crippen LogP contribution in [0, 0.1) is 0 Å². The zero-order chi connectivity index (χ0) is 12.7. The zero-order valence-electron chi connectivity index (χ0n) is 9.08. The largest absolute Gasteiger partial charge is 0.504 e. The Kier molecular flexibility index (Phi) is 2.13. The number of phenolic OH excluding ortho intramolecular Hbond substituents is 2. The number of hydrogen-bond acceptors (Lipinski definition) is 5. The van der Waals surface area contributed by atoms with Gasteiger partial charge in [-0.15, -0.1) is 0 Å². The number of aromatic hydroxyl groups is 2. The smallest absolute Gasteiger partial charge is 0.193 e. The molecule has 90 valence electrons. The number of hydrogen-bond donors (Lipinski definition) is 2. The monoisotopic (exact) mass is 244 g/mol. The molecule has 0 aliphatic carbocycles. The molecule has 2 N–H and O–H groups in total. The van der Waals surface area contributed by atoms with Gasteiger partial charge in [0.1, 0.15) is 5.58 Å². The Balaban J connectivity index is 2.34. The summed E-state index contributed by atoms with van der Waals surface area (Å²) in [7, 11) is 0. The predicted molar refractivity (Wildman–Crippen MR) is 63.5 cm³/mol. The van der Waals surface area contributed by atoms with Gasteiger partial charge in [0.05, 0.1) is 11.6 Å². The van der Waals surface area contributed by atoms with E-state index in [0.29, 0.717) is 5.76 Å². The number of fused-ring (bicyclic) bond motifs is 1. The zero-order valence-corrected chi connectivity index (χ0v) is 9.08. The summed E-state index contributed by atoms with van der Waals surface area (Å²) < 4.78 is 10.6. The minimum atomic E-state index is -0.361. The Morgan fingerprint density at radius 2 is 1.78 bits per heavy atom. The molecule has 2 heterocycles. The van der Waals surface area contributed by atoms with E-state index in [4.69, 9.17) is 8.83 Å². The second-order valence-electron chi connectivity index (χ2n) is 3.79. The number of phenols is 2. The Morgan fingerprint density at radius 1 is 1.00 bits per heavy atom. The summed E-state index contributed by atoms with van der Waals surface area (Å²) >= 11 is 0. The van der Waals surface area contributed by atoms with Gasteiger partial charge in [-0.3, -0.25) is 4.79 Å². The van der Waals surface area contributed by atoms with Crippen LogP contribution in [-0.4, -0.2) is 10.2 Å². The van der Waals surface area contributed by atoms with E-state index in [1.54, 1.807) is 12.1 Å². The summed E-state index contributed by atoms with van der Waals surface area (Å²) in [6.07, 6.45) is 1.47. The van der Waals surface area contributed by atoms with Gasteiger partial charge in [0.15, 0.2) is 28.4 Å². The van der Waals surface area contributed by atoms with E-state index in [1.165, 1.54) is 24.5 Å². The van der Waals surface area contributed by atoms with Crippen molar-refractivity contribution in [3.63, 3.8) is 0 Å². The highest BCUT2D eigenvalue weighted by molar-refractivity contribution is 5.81. The van der Waals surface area contributed by atoms with E-state index < -0.39 is 0 Å². The van der Waals surface area contributed by atoms with Gasteiger partial charge in [-0.2, -0.15) is 0 Å². The fourth-order valence-electron chi connectivity index (χ4n) is 1.72. The number of rotatable bonds is 1. The first-order valence-corrected chi connectivity index (χ1v) is 5.19. The van der Waals surface area contributed by atoms with Crippen molar-refractivity contribution in [2.45, 2.75) is 0 Å². The second kappa shape index (κ2) is 3.66. The first kappa shape index (κ1) is 10.5. The molecule has 0 amide bonds. The van der Waals surface area contributed by atoms with Crippen molar-refractivity contribution in [1.82, 2.24) is 0 Å². The first-order valence-electron chi connectivity index (χ1n) is 5.19. The van der Waals surface area contributed by atoms with Crippen LogP contribution in [0.1, 0.15) is 0 Å². The molecule has 0 unspecified atom stereocenters. The number of furan rings is 1. The Morgan fingerprint density at radius 3 is 2.50 bits per heavy atom. The molecule has 0 aliphatic heterocycles. The molecule has 1 aromatic carbocycles. The molecule has 0 radical (unpaired) electrons. The van der Waals surface area contributed by atoms with Crippen molar-refractivity contribution in [3.05, 3.63) is 46.8 Å². The Bertz CT molecular complexity index is 768. The summed E-state index contributed by atoms with van der Waals surface area (Å²) in [6.45, 7) is 0. The van der Waals surface area contributed by atoms with E-state index >= 15 is 0 Å². The van der Waals surface area contributed by atoms with Crippen molar-refractivity contribution in [2.24, 2.45) is 0 Å². The van der Waals surface area contributed by atoms with Gasteiger partial charge in [0.2, 0.25) is 0 Å². The highest BCUT2D eigenvalue weighted by Crippen LogP contribution is 2.30. The maximum absolute atomic E-state index is 11.9. The van der Waals surface area contributed by atoms with Gasteiger partial charge in [-0.1, -0.05) is 0 Å². The second-order valence-corrected chi connectivity index (χ2v) is 3.79. The molecule has 0 fully saturated rings. The van der Waals surface area contributed by atoms with E-state index in [9.17, 15) is 15.0 Å².